The molecular formula is C26H31NO4S2. The van der Waals surface area contributed by atoms with Crippen LogP contribution in [-0.4, -0.2) is 29.1 Å². The third-order valence-electron chi connectivity index (χ3n) is 5.82. The Morgan fingerprint density at radius 1 is 0.727 bits per heavy atom. The van der Waals surface area contributed by atoms with E-state index in [0.717, 1.165) is 22.3 Å². The Bertz CT molecular complexity index is 1340. The lowest BCUT2D eigenvalue weighted by atomic mass is 9.97. The van der Waals surface area contributed by atoms with E-state index in [1.165, 1.54) is 0 Å². The molecule has 0 aliphatic heterocycles. The van der Waals surface area contributed by atoms with Crippen molar-refractivity contribution in [2.24, 2.45) is 0 Å². The molecule has 5 nitrogen and oxygen atoms in total. The van der Waals surface area contributed by atoms with Crippen LogP contribution in [0, 0.1) is 34.6 Å². The minimum Gasteiger partial charge on any atom is -0.224 e. The van der Waals surface area contributed by atoms with Crippen molar-refractivity contribution in [2.45, 2.75) is 50.3 Å². The summed E-state index contributed by atoms with van der Waals surface area (Å²) in [6, 6.07) is 17.9. The molecule has 33 heavy (non-hydrogen) atoms. The molecule has 0 aliphatic carbocycles. The summed E-state index contributed by atoms with van der Waals surface area (Å²) < 4.78 is 55.5. The third kappa shape index (κ3) is 5.91. The molecule has 0 bridgehead atoms. The van der Waals surface area contributed by atoms with Crippen LogP contribution in [0.25, 0.3) is 0 Å². The molecule has 0 amide bonds. The SMILES string of the molecule is Cc1ccc(S(=O)(=O)CC(CNS(=O)(=O)c2c(C)cc(C)cc2C)c2ccccc2C)cc1. The molecule has 0 aliphatic rings. The molecule has 7 heteroatoms. The van der Waals surface area contributed by atoms with Gasteiger partial charge in [0.1, 0.15) is 0 Å². The average Bonchev–Trinajstić information content (AvgIpc) is 2.71. The average molecular weight is 486 g/mol. The van der Waals surface area contributed by atoms with Gasteiger partial charge in [0.15, 0.2) is 9.84 Å². The molecule has 0 heterocycles. The Hall–Kier alpha value is -2.48. The molecular weight excluding hydrogens is 454 g/mol. The van der Waals surface area contributed by atoms with Gasteiger partial charge in [-0.15, -0.1) is 0 Å². The van der Waals surface area contributed by atoms with Gasteiger partial charge in [0.2, 0.25) is 10.0 Å². The first-order valence-electron chi connectivity index (χ1n) is 10.8. The van der Waals surface area contributed by atoms with E-state index in [1.54, 1.807) is 38.1 Å². The van der Waals surface area contributed by atoms with Crippen molar-refractivity contribution in [1.82, 2.24) is 4.72 Å². The van der Waals surface area contributed by atoms with Crippen LogP contribution in [-0.2, 0) is 19.9 Å². The number of nitrogens with one attached hydrogen (secondary N) is 1. The van der Waals surface area contributed by atoms with Gasteiger partial charge in [-0.1, -0.05) is 59.7 Å². The number of benzene rings is 3. The highest BCUT2D eigenvalue weighted by molar-refractivity contribution is 7.91. The van der Waals surface area contributed by atoms with E-state index >= 15 is 0 Å². The van der Waals surface area contributed by atoms with Crippen LogP contribution >= 0.6 is 0 Å². The normalized spacial score (nSPS) is 13.1. The quantitative estimate of drug-likeness (QED) is 0.499. The molecule has 0 saturated heterocycles. The van der Waals surface area contributed by atoms with Gasteiger partial charge < -0.3 is 0 Å². The Morgan fingerprint density at radius 3 is 1.88 bits per heavy atom. The van der Waals surface area contributed by atoms with Crippen molar-refractivity contribution in [3.8, 4) is 0 Å². The summed E-state index contributed by atoms with van der Waals surface area (Å²) in [5.41, 5.74) is 5.03. The number of aryl methyl sites for hydroxylation is 5. The highest BCUT2D eigenvalue weighted by atomic mass is 32.2. The maximum absolute atomic E-state index is 13.2. The van der Waals surface area contributed by atoms with Crippen LogP contribution in [0.5, 0.6) is 0 Å². The van der Waals surface area contributed by atoms with Crippen molar-refractivity contribution < 1.29 is 16.8 Å². The van der Waals surface area contributed by atoms with E-state index in [4.69, 9.17) is 0 Å². The molecule has 1 unspecified atom stereocenters. The summed E-state index contributed by atoms with van der Waals surface area (Å²) in [6.07, 6.45) is 0. The highest BCUT2D eigenvalue weighted by Crippen LogP contribution is 2.26. The van der Waals surface area contributed by atoms with Gasteiger partial charge in [-0.2, -0.15) is 0 Å². The summed E-state index contributed by atoms with van der Waals surface area (Å²) >= 11 is 0. The lowest BCUT2D eigenvalue weighted by Gasteiger charge is -2.21. The lowest BCUT2D eigenvalue weighted by Crippen LogP contribution is -2.32. The molecule has 3 aromatic rings. The van der Waals surface area contributed by atoms with Gasteiger partial charge in [0.25, 0.3) is 0 Å². The first kappa shape index (κ1) is 25.1. The van der Waals surface area contributed by atoms with Crippen molar-refractivity contribution >= 4 is 19.9 Å². The van der Waals surface area contributed by atoms with E-state index < -0.39 is 25.8 Å². The molecule has 0 aromatic heterocycles. The van der Waals surface area contributed by atoms with Crippen LogP contribution in [0.1, 0.15) is 39.3 Å². The van der Waals surface area contributed by atoms with E-state index in [2.05, 4.69) is 4.72 Å². The van der Waals surface area contributed by atoms with E-state index in [1.807, 2.05) is 57.2 Å². The zero-order chi connectivity index (χ0) is 24.4. The van der Waals surface area contributed by atoms with Crippen molar-refractivity contribution in [3.05, 3.63) is 94.0 Å². The maximum atomic E-state index is 13.2. The predicted molar refractivity (Wildman–Crippen MR) is 133 cm³/mol. The predicted octanol–water partition coefficient (Wildman–Crippen LogP) is 4.76. The summed E-state index contributed by atoms with van der Waals surface area (Å²) in [5, 5.41) is 0. The summed E-state index contributed by atoms with van der Waals surface area (Å²) in [6.45, 7) is 9.25. The van der Waals surface area contributed by atoms with Crippen molar-refractivity contribution in [1.29, 1.82) is 0 Å². The van der Waals surface area contributed by atoms with Gasteiger partial charge in [-0.3, -0.25) is 0 Å². The Morgan fingerprint density at radius 2 is 1.30 bits per heavy atom. The smallest absolute Gasteiger partial charge is 0.224 e. The highest BCUT2D eigenvalue weighted by Gasteiger charge is 2.27. The van der Waals surface area contributed by atoms with Gasteiger partial charge in [0, 0.05) is 12.5 Å². The van der Waals surface area contributed by atoms with Crippen molar-refractivity contribution in [2.75, 3.05) is 12.3 Å². The topological polar surface area (TPSA) is 80.3 Å². The molecule has 0 spiro atoms. The number of sulfonamides is 1. The van der Waals surface area contributed by atoms with Gasteiger partial charge >= 0.3 is 0 Å². The number of hydrogen-bond donors (Lipinski definition) is 1. The fourth-order valence-corrected chi connectivity index (χ4v) is 7.38. The second-order valence-electron chi connectivity index (χ2n) is 8.73. The molecule has 0 fully saturated rings. The Balaban J connectivity index is 1.95. The van der Waals surface area contributed by atoms with Gasteiger partial charge in [0.05, 0.1) is 15.5 Å². The van der Waals surface area contributed by atoms with Crippen LogP contribution in [0.15, 0.2) is 70.5 Å². The van der Waals surface area contributed by atoms with Crippen LogP contribution in [0.2, 0.25) is 0 Å². The van der Waals surface area contributed by atoms with Crippen LogP contribution in [0.4, 0.5) is 0 Å². The molecule has 176 valence electrons. The first-order valence-corrected chi connectivity index (χ1v) is 14.0. The number of sulfone groups is 1. The monoisotopic (exact) mass is 485 g/mol. The standard InChI is InChI=1S/C26H31NO4S2/c1-18-10-12-24(13-11-18)32(28,29)17-23(25-9-7-6-8-20(25)3)16-27-33(30,31)26-21(4)14-19(2)15-22(26)5/h6-15,23,27H,16-17H2,1-5H3. The fourth-order valence-electron chi connectivity index (χ4n) is 4.28. The number of rotatable bonds is 8. The van der Waals surface area contributed by atoms with E-state index in [0.29, 0.717) is 11.1 Å². The van der Waals surface area contributed by atoms with E-state index in [9.17, 15) is 16.8 Å². The summed E-state index contributed by atoms with van der Waals surface area (Å²) in [4.78, 5) is 0.484. The first-order chi connectivity index (χ1) is 15.4. The molecule has 3 aromatic carbocycles. The van der Waals surface area contributed by atoms with Crippen molar-refractivity contribution in [3.63, 3.8) is 0 Å². The lowest BCUT2D eigenvalue weighted by molar-refractivity contribution is 0.565. The Kier molecular flexibility index (Phi) is 7.46. The molecule has 3 rings (SSSR count). The van der Waals surface area contributed by atoms with Crippen LogP contribution in [0.3, 0.4) is 0 Å². The fraction of sp³-hybridized carbons (Fsp3) is 0.308. The molecule has 1 atom stereocenters. The largest absolute Gasteiger partial charge is 0.241 e. The summed E-state index contributed by atoms with van der Waals surface area (Å²) in [7, 11) is -7.46. The molecule has 0 saturated carbocycles. The van der Waals surface area contributed by atoms with E-state index in [-0.39, 0.29) is 22.1 Å². The minimum absolute atomic E-state index is 0.0228. The third-order valence-corrected chi connectivity index (χ3v) is 9.38. The van der Waals surface area contributed by atoms with Gasteiger partial charge in [-0.05, 0) is 69.0 Å². The molecule has 0 radical (unpaired) electrons. The second kappa shape index (κ2) is 9.79. The van der Waals surface area contributed by atoms with Crippen LogP contribution < -0.4 is 4.72 Å². The second-order valence-corrected chi connectivity index (χ2v) is 12.5. The summed E-state index contributed by atoms with van der Waals surface area (Å²) in [5.74, 6) is -0.742. The van der Waals surface area contributed by atoms with Gasteiger partial charge in [-0.25, -0.2) is 21.6 Å². The maximum Gasteiger partial charge on any atom is 0.241 e. The number of hydrogen-bond acceptors (Lipinski definition) is 4. The zero-order valence-corrected chi connectivity index (χ0v) is 21.3. The Labute approximate surface area is 197 Å². The minimum atomic E-state index is -3.82. The molecule has 1 N–H and O–H groups in total. The zero-order valence-electron chi connectivity index (χ0n) is 19.7.